The summed E-state index contributed by atoms with van der Waals surface area (Å²) in [7, 11) is 0. The highest BCUT2D eigenvalue weighted by Crippen LogP contribution is 2.13. The lowest BCUT2D eigenvalue weighted by Gasteiger charge is -2.10. The van der Waals surface area contributed by atoms with Gasteiger partial charge in [0.25, 0.3) is 0 Å². The molecular weight excluding hydrogens is 272 g/mol. The van der Waals surface area contributed by atoms with Crippen LogP contribution in [0.4, 0.5) is 0 Å². The lowest BCUT2D eigenvalue weighted by Crippen LogP contribution is -2.11. The van der Waals surface area contributed by atoms with Crippen LogP contribution >= 0.6 is 0 Å². The van der Waals surface area contributed by atoms with Crippen molar-refractivity contribution >= 4 is 5.97 Å². The molecule has 0 aliphatic carbocycles. The van der Waals surface area contributed by atoms with Crippen LogP contribution in [0.15, 0.2) is 34.9 Å². The van der Waals surface area contributed by atoms with Crippen molar-refractivity contribution in [3.63, 3.8) is 0 Å². The summed E-state index contributed by atoms with van der Waals surface area (Å²) in [6, 6.07) is 0. The number of ether oxygens (including phenoxy) is 1. The van der Waals surface area contributed by atoms with E-state index < -0.39 is 0 Å². The number of rotatable bonds is 10. The van der Waals surface area contributed by atoms with Crippen LogP contribution in [0.3, 0.4) is 0 Å². The zero-order valence-electron chi connectivity index (χ0n) is 15.4. The molecule has 22 heavy (non-hydrogen) atoms. The maximum Gasteiger partial charge on any atom is 0.302 e. The van der Waals surface area contributed by atoms with E-state index in [1.165, 1.54) is 23.6 Å². The molecule has 2 nitrogen and oxygen atoms in total. The Balaban J connectivity index is 3.91. The summed E-state index contributed by atoms with van der Waals surface area (Å²) >= 11 is 0. The molecule has 0 aromatic heterocycles. The maximum absolute atomic E-state index is 10.8. The van der Waals surface area contributed by atoms with Crippen molar-refractivity contribution in [2.24, 2.45) is 0 Å². The lowest BCUT2D eigenvalue weighted by molar-refractivity contribution is -0.145. The zero-order chi connectivity index (χ0) is 17.0. The third-order valence-corrected chi connectivity index (χ3v) is 3.56. The molecule has 126 valence electrons. The molecule has 0 bridgehead atoms. The van der Waals surface area contributed by atoms with Crippen molar-refractivity contribution in [1.82, 2.24) is 0 Å². The molecular formula is C20H34O2. The van der Waals surface area contributed by atoms with E-state index in [1.54, 1.807) is 0 Å². The number of hydrogen-bond acceptors (Lipinski definition) is 2. The van der Waals surface area contributed by atoms with E-state index >= 15 is 0 Å². The first-order valence-electron chi connectivity index (χ1n) is 8.43. The molecule has 0 aromatic rings. The fraction of sp³-hybridized carbons (Fsp3) is 0.650. The monoisotopic (exact) mass is 306 g/mol. The van der Waals surface area contributed by atoms with Crippen LogP contribution in [-0.4, -0.2) is 12.1 Å². The van der Waals surface area contributed by atoms with Gasteiger partial charge in [0, 0.05) is 6.92 Å². The van der Waals surface area contributed by atoms with Crippen molar-refractivity contribution in [3.05, 3.63) is 34.9 Å². The highest BCUT2D eigenvalue weighted by Gasteiger charge is 2.03. The summed E-state index contributed by atoms with van der Waals surface area (Å²) in [5.41, 5.74) is 4.30. The summed E-state index contributed by atoms with van der Waals surface area (Å²) in [5.74, 6) is -0.193. The average Bonchev–Trinajstić information content (AvgIpc) is 2.37. The largest absolute Gasteiger partial charge is 0.463 e. The summed E-state index contributed by atoms with van der Waals surface area (Å²) in [6.45, 7) is 12.1. The molecule has 0 radical (unpaired) electrons. The molecule has 0 saturated carbocycles. The molecule has 2 heteroatoms. The number of allylic oxidation sites excluding steroid dienone is 6. The van der Waals surface area contributed by atoms with Crippen molar-refractivity contribution in [1.29, 1.82) is 0 Å². The number of carbonyl (C=O) groups excluding carboxylic acids is 1. The first-order chi connectivity index (χ1) is 10.3. The van der Waals surface area contributed by atoms with E-state index in [0.717, 1.165) is 38.5 Å². The minimum atomic E-state index is -0.193. The van der Waals surface area contributed by atoms with E-state index in [4.69, 9.17) is 4.74 Å². The molecule has 0 aliphatic heterocycles. The number of carbonyl (C=O) groups is 1. The molecule has 0 saturated heterocycles. The molecule has 0 aliphatic rings. The average molecular weight is 306 g/mol. The van der Waals surface area contributed by atoms with E-state index in [0.29, 0.717) is 0 Å². The zero-order valence-corrected chi connectivity index (χ0v) is 15.4. The van der Waals surface area contributed by atoms with Gasteiger partial charge in [0.15, 0.2) is 0 Å². The van der Waals surface area contributed by atoms with Crippen LogP contribution in [0.2, 0.25) is 0 Å². The first kappa shape index (κ1) is 20.7. The van der Waals surface area contributed by atoms with E-state index in [1.807, 2.05) is 6.92 Å². The van der Waals surface area contributed by atoms with Gasteiger partial charge in [-0.3, -0.25) is 4.79 Å². The summed E-state index contributed by atoms with van der Waals surface area (Å²) < 4.78 is 5.12. The Morgan fingerprint density at radius 3 is 1.86 bits per heavy atom. The molecule has 0 fully saturated rings. The standard InChI is InChI=1S/C20H34O2/c1-16(2)10-7-11-17(3)12-8-13-18(4)14-9-15-19(5)22-20(6)21/h10,12,14,19H,7-9,11,13,15H2,1-6H3. The smallest absolute Gasteiger partial charge is 0.302 e. The molecule has 1 unspecified atom stereocenters. The number of esters is 1. The predicted octanol–water partition coefficient (Wildman–Crippen LogP) is 6.14. The van der Waals surface area contributed by atoms with Gasteiger partial charge in [0.2, 0.25) is 0 Å². The van der Waals surface area contributed by atoms with Gasteiger partial charge in [0.1, 0.15) is 0 Å². The minimum Gasteiger partial charge on any atom is -0.463 e. The van der Waals surface area contributed by atoms with Gasteiger partial charge >= 0.3 is 5.97 Å². The Morgan fingerprint density at radius 2 is 1.36 bits per heavy atom. The van der Waals surface area contributed by atoms with Gasteiger partial charge in [0.05, 0.1) is 6.10 Å². The number of hydrogen-bond donors (Lipinski definition) is 0. The fourth-order valence-electron chi connectivity index (χ4n) is 2.25. The Morgan fingerprint density at radius 1 is 0.864 bits per heavy atom. The highest BCUT2D eigenvalue weighted by atomic mass is 16.5. The SMILES string of the molecule is CC(=O)OC(C)CCC=C(C)CCC=C(C)CCC=C(C)C. The van der Waals surface area contributed by atoms with Gasteiger partial charge in [-0.1, -0.05) is 34.9 Å². The van der Waals surface area contributed by atoms with Crippen molar-refractivity contribution in [2.45, 2.75) is 86.2 Å². The third-order valence-electron chi connectivity index (χ3n) is 3.56. The Labute approximate surface area is 137 Å². The Kier molecular flexibility index (Phi) is 11.5. The van der Waals surface area contributed by atoms with E-state index in [2.05, 4.69) is 45.9 Å². The molecule has 0 spiro atoms. The van der Waals surface area contributed by atoms with Gasteiger partial charge in [-0.2, -0.15) is 0 Å². The summed E-state index contributed by atoms with van der Waals surface area (Å²) in [4.78, 5) is 10.8. The molecule has 0 heterocycles. The van der Waals surface area contributed by atoms with Crippen LogP contribution in [0.1, 0.15) is 80.1 Å². The summed E-state index contributed by atoms with van der Waals surface area (Å²) in [5, 5.41) is 0. The Hall–Kier alpha value is -1.31. The van der Waals surface area contributed by atoms with E-state index in [-0.39, 0.29) is 12.1 Å². The molecule has 1 atom stereocenters. The molecule has 0 amide bonds. The van der Waals surface area contributed by atoms with Crippen LogP contribution < -0.4 is 0 Å². The van der Waals surface area contributed by atoms with Gasteiger partial charge in [-0.05, 0) is 73.1 Å². The highest BCUT2D eigenvalue weighted by molar-refractivity contribution is 5.66. The fourth-order valence-corrected chi connectivity index (χ4v) is 2.25. The molecule has 0 N–H and O–H groups in total. The van der Waals surface area contributed by atoms with Gasteiger partial charge < -0.3 is 4.74 Å². The van der Waals surface area contributed by atoms with Crippen molar-refractivity contribution in [2.75, 3.05) is 0 Å². The third kappa shape index (κ3) is 13.7. The van der Waals surface area contributed by atoms with Crippen LogP contribution in [0.25, 0.3) is 0 Å². The molecule has 0 aromatic carbocycles. The second-order valence-electron chi connectivity index (χ2n) is 6.46. The van der Waals surface area contributed by atoms with Crippen molar-refractivity contribution in [3.8, 4) is 0 Å². The van der Waals surface area contributed by atoms with Crippen molar-refractivity contribution < 1.29 is 9.53 Å². The van der Waals surface area contributed by atoms with Gasteiger partial charge in [-0.25, -0.2) is 0 Å². The topological polar surface area (TPSA) is 26.3 Å². The van der Waals surface area contributed by atoms with Gasteiger partial charge in [-0.15, -0.1) is 0 Å². The predicted molar refractivity (Wildman–Crippen MR) is 95.9 cm³/mol. The lowest BCUT2D eigenvalue weighted by atomic mass is 10.1. The Bertz CT molecular complexity index is 409. The normalized spacial score (nSPS) is 13.7. The summed E-state index contributed by atoms with van der Waals surface area (Å²) in [6.07, 6.45) is 13.3. The van der Waals surface area contributed by atoms with Crippen LogP contribution in [0.5, 0.6) is 0 Å². The molecule has 0 rings (SSSR count). The first-order valence-corrected chi connectivity index (χ1v) is 8.43. The second-order valence-corrected chi connectivity index (χ2v) is 6.46. The van der Waals surface area contributed by atoms with E-state index in [9.17, 15) is 4.79 Å². The van der Waals surface area contributed by atoms with Crippen LogP contribution in [0, 0.1) is 0 Å². The van der Waals surface area contributed by atoms with Crippen LogP contribution in [-0.2, 0) is 9.53 Å². The maximum atomic E-state index is 10.8. The minimum absolute atomic E-state index is 0.0127. The second kappa shape index (κ2) is 12.3. The quantitative estimate of drug-likeness (QED) is 0.358.